The standard InChI is InChI=1S/C28H29N3O5/c1-17(18-6-3-2-4-7-18)30-26(33)14-21-13-23-22-12-20(31-28(34)19-8-5-11-29-15-19)9-10-24(22)36-27(23)25(16-32)35-21/h2-12,15,17,21,23,25,27,32H,13-14,16H2,1H3,(H,30,33)(H,31,34)/t17-,21+,23-,25+,27+/m0/s1. The number of ether oxygens (including phenoxy) is 2. The Hall–Kier alpha value is -3.75. The van der Waals surface area contributed by atoms with E-state index >= 15 is 0 Å². The van der Waals surface area contributed by atoms with Crippen LogP contribution in [0.5, 0.6) is 5.75 Å². The highest BCUT2D eigenvalue weighted by molar-refractivity contribution is 6.04. The topological polar surface area (TPSA) is 110 Å². The van der Waals surface area contributed by atoms with Crippen molar-refractivity contribution in [2.45, 2.75) is 50.0 Å². The van der Waals surface area contributed by atoms with Crippen molar-refractivity contribution in [1.29, 1.82) is 0 Å². The number of carbonyl (C=O) groups excluding carboxylic acids is 2. The Morgan fingerprint density at radius 3 is 2.72 bits per heavy atom. The van der Waals surface area contributed by atoms with E-state index < -0.39 is 6.10 Å². The maximum atomic E-state index is 12.8. The molecule has 8 nitrogen and oxygen atoms in total. The fourth-order valence-electron chi connectivity index (χ4n) is 5.00. The average Bonchev–Trinajstić information content (AvgIpc) is 3.27. The highest BCUT2D eigenvalue weighted by Crippen LogP contribution is 2.47. The molecule has 3 aromatic rings. The van der Waals surface area contributed by atoms with Crippen LogP contribution in [0.15, 0.2) is 73.1 Å². The number of nitrogens with zero attached hydrogens (tertiary/aromatic N) is 1. The van der Waals surface area contributed by atoms with Gasteiger partial charge in [-0.3, -0.25) is 14.6 Å². The fourth-order valence-corrected chi connectivity index (χ4v) is 5.00. The molecule has 2 amide bonds. The van der Waals surface area contributed by atoms with Gasteiger partial charge in [0.25, 0.3) is 5.91 Å². The molecular weight excluding hydrogens is 458 g/mol. The number of anilines is 1. The second-order valence-corrected chi connectivity index (χ2v) is 9.26. The van der Waals surface area contributed by atoms with Crippen LogP contribution in [0.25, 0.3) is 0 Å². The highest BCUT2D eigenvalue weighted by atomic mass is 16.6. The predicted octanol–water partition coefficient (Wildman–Crippen LogP) is 3.60. The number of fused-ring (bicyclic) bond motifs is 3. The number of amides is 2. The van der Waals surface area contributed by atoms with Crippen molar-refractivity contribution >= 4 is 17.5 Å². The maximum absolute atomic E-state index is 12.8. The Morgan fingerprint density at radius 1 is 1.14 bits per heavy atom. The van der Waals surface area contributed by atoms with Gasteiger partial charge < -0.3 is 25.2 Å². The van der Waals surface area contributed by atoms with E-state index in [9.17, 15) is 14.7 Å². The third-order valence-corrected chi connectivity index (χ3v) is 6.77. The van der Waals surface area contributed by atoms with Gasteiger partial charge in [-0.1, -0.05) is 30.3 Å². The molecule has 0 radical (unpaired) electrons. The van der Waals surface area contributed by atoms with Gasteiger partial charge in [-0.25, -0.2) is 0 Å². The van der Waals surface area contributed by atoms with Crippen LogP contribution >= 0.6 is 0 Å². The molecule has 0 aliphatic carbocycles. The van der Waals surface area contributed by atoms with E-state index in [-0.39, 0.29) is 49.0 Å². The number of carbonyl (C=O) groups is 2. The van der Waals surface area contributed by atoms with Gasteiger partial charge in [0.1, 0.15) is 18.0 Å². The van der Waals surface area contributed by atoms with Gasteiger partial charge in [0.15, 0.2) is 0 Å². The summed E-state index contributed by atoms with van der Waals surface area (Å²) in [6, 6.07) is 18.6. The fraction of sp³-hybridized carbons (Fsp3) is 0.321. The second kappa shape index (κ2) is 10.5. The Labute approximate surface area is 209 Å². The van der Waals surface area contributed by atoms with Gasteiger partial charge in [-0.05, 0) is 49.2 Å². The first-order valence-corrected chi connectivity index (χ1v) is 12.1. The Balaban J connectivity index is 1.28. The molecule has 36 heavy (non-hydrogen) atoms. The summed E-state index contributed by atoms with van der Waals surface area (Å²) < 4.78 is 12.2. The van der Waals surface area contributed by atoms with E-state index in [1.54, 1.807) is 24.4 Å². The van der Waals surface area contributed by atoms with Gasteiger partial charge in [-0.15, -0.1) is 0 Å². The third-order valence-electron chi connectivity index (χ3n) is 6.77. The van der Waals surface area contributed by atoms with Crippen LogP contribution in [0.2, 0.25) is 0 Å². The number of aliphatic hydroxyl groups is 1. The zero-order valence-corrected chi connectivity index (χ0v) is 20.0. The molecule has 2 aliphatic heterocycles. The van der Waals surface area contributed by atoms with Gasteiger partial charge in [0.2, 0.25) is 5.91 Å². The first kappa shape index (κ1) is 24.0. The van der Waals surface area contributed by atoms with Crippen LogP contribution < -0.4 is 15.4 Å². The normalized spacial score (nSPS) is 23.1. The van der Waals surface area contributed by atoms with Crippen molar-refractivity contribution in [3.63, 3.8) is 0 Å². The lowest BCUT2D eigenvalue weighted by molar-refractivity contribution is -0.142. The van der Waals surface area contributed by atoms with Crippen LogP contribution in [0, 0.1) is 0 Å². The average molecular weight is 488 g/mol. The third kappa shape index (κ3) is 5.10. The molecule has 0 saturated carbocycles. The number of nitrogens with one attached hydrogen (secondary N) is 2. The number of benzene rings is 2. The molecule has 0 unspecified atom stereocenters. The van der Waals surface area contributed by atoms with Crippen molar-refractivity contribution in [3.8, 4) is 5.75 Å². The van der Waals surface area contributed by atoms with Crippen LogP contribution in [-0.2, 0) is 9.53 Å². The Bertz CT molecular complexity index is 1220. The van der Waals surface area contributed by atoms with Crippen molar-refractivity contribution in [3.05, 3.63) is 89.7 Å². The lowest BCUT2D eigenvalue weighted by atomic mass is 9.84. The summed E-state index contributed by atoms with van der Waals surface area (Å²) in [7, 11) is 0. The molecule has 186 valence electrons. The number of aromatic nitrogens is 1. The summed E-state index contributed by atoms with van der Waals surface area (Å²) in [5, 5.41) is 15.9. The summed E-state index contributed by atoms with van der Waals surface area (Å²) in [4.78, 5) is 29.4. The molecule has 5 rings (SSSR count). The lowest BCUT2D eigenvalue weighted by Gasteiger charge is -2.37. The molecule has 1 saturated heterocycles. The first-order chi connectivity index (χ1) is 17.5. The van der Waals surface area contributed by atoms with Gasteiger partial charge in [-0.2, -0.15) is 0 Å². The SMILES string of the molecule is C[C@H](NC(=O)C[C@H]1C[C@H]2c3cc(NC(=O)c4cccnc4)ccc3O[C@H]2[C@@H](CO)O1)c1ccccc1. The number of aliphatic hydroxyl groups excluding tert-OH is 1. The van der Waals surface area contributed by atoms with E-state index in [0.29, 0.717) is 23.4 Å². The summed E-state index contributed by atoms with van der Waals surface area (Å²) in [6.45, 7) is 1.74. The van der Waals surface area contributed by atoms with Gasteiger partial charge >= 0.3 is 0 Å². The van der Waals surface area contributed by atoms with Crippen LogP contribution in [0.3, 0.4) is 0 Å². The first-order valence-electron chi connectivity index (χ1n) is 12.1. The molecule has 3 N–H and O–H groups in total. The Morgan fingerprint density at radius 2 is 1.97 bits per heavy atom. The van der Waals surface area contributed by atoms with E-state index in [1.807, 2.05) is 49.4 Å². The Kier molecular flexibility index (Phi) is 6.97. The molecule has 0 spiro atoms. The van der Waals surface area contributed by atoms with Gasteiger partial charge in [0.05, 0.1) is 30.7 Å². The number of hydrogen-bond acceptors (Lipinski definition) is 6. The molecule has 1 aromatic heterocycles. The van der Waals surface area contributed by atoms with Crippen molar-refractivity contribution in [2.24, 2.45) is 0 Å². The molecular formula is C28H29N3O5. The van der Waals surface area contributed by atoms with E-state index in [2.05, 4.69) is 15.6 Å². The van der Waals surface area contributed by atoms with E-state index in [0.717, 1.165) is 11.1 Å². The minimum absolute atomic E-state index is 0.0644. The molecule has 2 aromatic carbocycles. The quantitative estimate of drug-likeness (QED) is 0.470. The molecule has 2 aliphatic rings. The maximum Gasteiger partial charge on any atom is 0.257 e. The van der Waals surface area contributed by atoms with Crippen molar-refractivity contribution in [1.82, 2.24) is 10.3 Å². The van der Waals surface area contributed by atoms with Crippen molar-refractivity contribution in [2.75, 3.05) is 11.9 Å². The smallest absolute Gasteiger partial charge is 0.257 e. The highest BCUT2D eigenvalue weighted by Gasteiger charge is 2.46. The zero-order chi connectivity index (χ0) is 25.1. The second-order valence-electron chi connectivity index (χ2n) is 9.26. The monoisotopic (exact) mass is 487 g/mol. The molecule has 5 atom stereocenters. The van der Waals surface area contributed by atoms with E-state index in [1.165, 1.54) is 6.20 Å². The molecule has 1 fully saturated rings. The lowest BCUT2D eigenvalue weighted by Crippen LogP contribution is -2.47. The van der Waals surface area contributed by atoms with E-state index in [4.69, 9.17) is 9.47 Å². The summed E-state index contributed by atoms with van der Waals surface area (Å²) in [6.07, 6.45) is 2.62. The minimum atomic E-state index is -0.547. The predicted molar refractivity (Wildman–Crippen MR) is 134 cm³/mol. The summed E-state index contributed by atoms with van der Waals surface area (Å²) in [5.41, 5.74) is 3.08. The minimum Gasteiger partial charge on any atom is -0.487 e. The van der Waals surface area contributed by atoms with Crippen molar-refractivity contribution < 1.29 is 24.2 Å². The number of hydrogen-bond donors (Lipinski definition) is 3. The molecule has 3 heterocycles. The zero-order valence-electron chi connectivity index (χ0n) is 20.0. The van der Waals surface area contributed by atoms with Crippen LogP contribution in [-0.4, -0.2) is 46.8 Å². The number of pyridine rings is 1. The summed E-state index contributed by atoms with van der Waals surface area (Å²) in [5.74, 6) is 0.281. The molecule has 8 heteroatoms. The van der Waals surface area contributed by atoms with Crippen LogP contribution in [0.4, 0.5) is 5.69 Å². The van der Waals surface area contributed by atoms with Gasteiger partial charge in [0, 0.05) is 29.6 Å². The number of rotatable bonds is 7. The summed E-state index contributed by atoms with van der Waals surface area (Å²) >= 11 is 0. The largest absolute Gasteiger partial charge is 0.487 e. The molecule has 0 bridgehead atoms. The van der Waals surface area contributed by atoms with Crippen LogP contribution in [0.1, 0.15) is 53.2 Å².